The maximum Gasteiger partial charge on any atom is 0.319 e. The first kappa shape index (κ1) is 27.4. The summed E-state index contributed by atoms with van der Waals surface area (Å²) in [6.45, 7) is 11.4. The Morgan fingerprint density at radius 1 is 1.00 bits per heavy atom. The highest BCUT2D eigenvalue weighted by Crippen LogP contribution is 2.35. The van der Waals surface area contributed by atoms with Crippen molar-refractivity contribution >= 4 is 46.0 Å². The van der Waals surface area contributed by atoms with Gasteiger partial charge < -0.3 is 10.6 Å². The molecule has 3 aromatic rings. The number of aromatic nitrogens is 1. The Hall–Kier alpha value is -2.18. The zero-order valence-electron chi connectivity index (χ0n) is 21.7. The molecule has 1 unspecified atom stereocenters. The molecule has 6 heteroatoms. The van der Waals surface area contributed by atoms with E-state index in [0.717, 1.165) is 45.7 Å². The zero-order chi connectivity index (χ0) is 25.2. The van der Waals surface area contributed by atoms with E-state index in [2.05, 4.69) is 86.9 Å². The quantitative estimate of drug-likeness (QED) is 0.240. The number of hydrogen-bond donors (Lipinski definition) is 2. The molecule has 1 aromatic heterocycles. The van der Waals surface area contributed by atoms with E-state index in [1.165, 1.54) is 22.8 Å². The van der Waals surface area contributed by atoms with Gasteiger partial charge in [0.2, 0.25) is 0 Å². The number of carbonyl (C=O) groups excluding carboxylic acids is 1. The molecule has 3 rings (SSSR count). The van der Waals surface area contributed by atoms with Gasteiger partial charge in [-0.1, -0.05) is 83.0 Å². The Labute approximate surface area is 219 Å². The van der Waals surface area contributed by atoms with Crippen molar-refractivity contribution in [2.24, 2.45) is 5.92 Å². The molecular weight excluding hydrogens is 470 g/mol. The molecule has 35 heavy (non-hydrogen) atoms. The van der Waals surface area contributed by atoms with Crippen molar-refractivity contribution in [1.82, 2.24) is 10.3 Å². The van der Waals surface area contributed by atoms with Crippen LogP contribution in [-0.2, 0) is 0 Å². The van der Waals surface area contributed by atoms with Crippen molar-refractivity contribution in [3.63, 3.8) is 0 Å². The van der Waals surface area contributed by atoms with Gasteiger partial charge in [0.1, 0.15) is 5.03 Å². The van der Waals surface area contributed by atoms with Crippen LogP contribution in [0.25, 0.3) is 10.8 Å². The Balaban J connectivity index is 1.79. The Bertz CT molecular complexity index is 1080. The van der Waals surface area contributed by atoms with Gasteiger partial charge in [0, 0.05) is 23.1 Å². The van der Waals surface area contributed by atoms with Crippen LogP contribution in [0.5, 0.6) is 0 Å². The van der Waals surface area contributed by atoms with E-state index >= 15 is 0 Å². The minimum atomic E-state index is -0.166. The minimum Gasteiger partial charge on any atom is -0.337 e. The van der Waals surface area contributed by atoms with Gasteiger partial charge in [0.15, 0.2) is 0 Å². The molecule has 2 N–H and O–H groups in total. The van der Waals surface area contributed by atoms with Gasteiger partial charge in [-0.15, -0.1) is 23.5 Å². The molecule has 0 saturated carbocycles. The maximum atomic E-state index is 13.1. The summed E-state index contributed by atoms with van der Waals surface area (Å²) in [4.78, 5) is 18.9. The third-order valence-electron chi connectivity index (χ3n) is 6.00. The summed E-state index contributed by atoms with van der Waals surface area (Å²) >= 11 is 3.41. The highest BCUT2D eigenvalue weighted by Gasteiger charge is 2.18. The number of thioether (sulfide) groups is 2. The number of pyridine rings is 1. The van der Waals surface area contributed by atoms with Gasteiger partial charge in [-0.25, -0.2) is 9.78 Å². The number of amides is 2. The van der Waals surface area contributed by atoms with Gasteiger partial charge in [-0.3, -0.25) is 0 Å². The van der Waals surface area contributed by atoms with Crippen LogP contribution >= 0.6 is 23.5 Å². The molecule has 2 aromatic carbocycles. The summed E-state index contributed by atoms with van der Waals surface area (Å²) in [7, 11) is 0. The maximum absolute atomic E-state index is 13.1. The molecule has 188 valence electrons. The lowest BCUT2D eigenvalue weighted by atomic mass is 9.88. The lowest BCUT2D eigenvalue weighted by Crippen LogP contribution is -2.33. The third kappa shape index (κ3) is 7.91. The summed E-state index contributed by atoms with van der Waals surface area (Å²) in [5, 5.41) is 9.74. The normalized spacial score (nSPS) is 12.2. The Kier molecular flexibility index (Phi) is 10.8. The molecule has 0 aliphatic rings. The molecule has 0 bridgehead atoms. The molecular formula is C29H39N3OS2. The van der Waals surface area contributed by atoms with Crippen molar-refractivity contribution in [3.8, 4) is 0 Å². The van der Waals surface area contributed by atoms with E-state index in [9.17, 15) is 4.79 Å². The molecule has 0 radical (unpaired) electrons. The van der Waals surface area contributed by atoms with Crippen LogP contribution in [0.3, 0.4) is 0 Å². The Morgan fingerprint density at radius 2 is 1.74 bits per heavy atom. The van der Waals surface area contributed by atoms with E-state index in [4.69, 9.17) is 4.98 Å². The van der Waals surface area contributed by atoms with Crippen molar-refractivity contribution in [2.75, 3.05) is 23.4 Å². The zero-order valence-corrected chi connectivity index (χ0v) is 23.3. The smallest absolute Gasteiger partial charge is 0.319 e. The van der Waals surface area contributed by atoms with E-state index < -0.39 is 0 Å². The summed E-state index contributed by atoms with van der Waals surface area (Å²) in [5.41, 5.74) is 3.12. The molecule has 4 nitrogen and oxygen atoms in total. The lowest BCUT2D eigenvalue weighted by molar-refractivity contribution is 0.251. The molecule has 0 aliphatic carbocycles. The summed E-state index contributed by atoms with van der Waals surface area (Å²) in [6.07, 6.45) is 3.38. The number of carbonyl (C=O) groups is 1. The highest BCUT2D eigenvalue weighted by molar-refractivity contribution is 8.00. The third-order valence-corrected chi connectivity index (χ3v) is 7.78. The molecule has 0 spiro atoms. The first-order valence-electron chi connectivity index (χ1n) is 12.7. The number of aryl methyl sites for hydroxylation is 1. The lowest BCUT2D eigenvalue weighted by Gasteiger charge is -2.21. The van der Waals surface area contributed by atoms with Crippen LogP contribution in [0.1, 0.15) is 64.1 Å². The minimum absolute atomic E-state index is 0.166. The number of anilines is 1. The van der Waals surface area contributed by atoms with Crippen LogP contribution in [0.2, 0.25) is 0 Å². The van der Waals surface area contributed by atoms with E-state index in [-0.39, 0.29) is 11.9 Å². The number of nitrogens with one attached hydrogen (secondary N) is 2. The Morgan fingerprint density at radius 3 is 2.49 bits per heavy atom. The number of benzene rings is 2. The van der Waals surface area contributed by atoms with Gasteiger partial charge in [-0.05, 0) is 53.2 Å². The number of urea groups is 1. The van der Waals surface area contributed by atoms with Crippen LogP contribution in [-0.4, -0.2) is 29.1 Å². The fraction of sp³-hybridized carbons (Fsp3) is 0.448. The highest BCUT2D eigenvalue weighted by atomic mass is 32.2. The predicted octanol–water partition coefficient (Wildman–Crippen LogP) is 8.50. The van der Waals surface area contributed by atoms with Crippen molar-refractivity contribution in [3.05, 3.63) is 59.8 Å². The second kappa shape index (κ2) is 13.8. The molecule has 1 heterocycles. The first-order chi connectivity index (χ1) is 16.9. The molecule has 1 atom stereocenters. The average Bonchev–Trinajstić information content (AvgIpc) is 2.83. The summed E-state index contributed by atoms with van der Waals surface area (Å²) in [6, 6.07) is 16.9. The molecule has 0 fully saturated rings. The second-order valence-corrected chi connectivity index (χ2v) is 11.8. The predicted molar refractivity (Wildman–Crippen MR) is 154 cm³/mol. The van der Waals surface area contributed by atoms with E-state index in [1.807, 2.05) is 6.92 Å². The van der Waals surface area contributed by atoms with Crippen molar-refractivity contribution < 1.29 is 4.79 Å². The van der Waals surface area contributed by atoms with Crippen LogP contribution in [0.15, 0.2) is 58.5 Å². The number of rotatable bonds is 12. The molecule has 0 aliphatic heterocycles. The van der Waals surface area contributed by atoms with Gasteiger partial charge in [0.25, 0.3) is 0 Å². The SMILES string of the molecule is CCSc1cc(C)nc(SCC)c1NC(=O)NCC(CCCC(C)C)c1cccc2ccccc12. The first-order valence-corrected chi connectivity index (χ1v) is 14.7. The van der Waals surface area contributed by atoms with Crippen molar-refractivity contribution in [1.29, 1.82) is 0 Å². The number of nitrogens with zero attached hydrogens (tertiary/aromatic N) is 1. The van der Waals surface area contributed by atoms with Crippen LogP contribution in [0.4, 0.5) is 10.5 Å². The topological polar surface area (TPSA) is 54.0 Å². The fourth-order valence-corrected chi connectivity index (χ4v) is 6.07. The van der Waals surface area contributed by atoms with E-state index in [0.29, 0.717) is 12.5 Å². The van der Waals surface area contributed by atoms with E-state index in [1.54, 1.807) is 23.5 Å². The standard InChI is InChI=1S/C29H39N3OS2/c1-6-34-26-18-21(5)31-28(35-7-2)27(26)32-29(33)30-19-23(15-10-12-20(3)4)25-17-11-14-22-13-8-9-16-24(22)25/h8-9,11,13-14,16-18,20,23H,6-7,10,12,15,19H2,1-5H3,(H2,30,32,33). The van der Waals surface area contributed by atoms with Gasteiger partial charge >= 0.3 is 6.03 Å². The van der Waals surface area contributed by atoms with Crippen LogP contribution in [0, 0.1) is 12.8 Å². The molecule has 2 amide bonds. The summed E-state index contributed by atoms with van der Waals surface area (Å²) < 4.78 is 0. The largest absolute Gasteiger partial charge is 0.337 e. The summed E-state index contributed by atoms with van der Waals surface area (Å²) in [5.74, 6) is 2.78. The second-order valence-electron chi connectivity index (χ2n) is 9.23. The fourth-order valence-electron chi connectivity index (χ4n) is 4.36. The van der Waals surface area contributed by atoms with Crippen molar-refractivity contribution in [2.45, 2.75) is 69.7 Å². The molecule has 0 saturated heterocycles. The average molecular weight is 510 g/mol. The number of hydrogen-bond acceptors (Lipinski definition) is 4. The number of fused-ring (bicyclic) bond motifs is 1. The van der Waals surface area contributed by atoms with Gasteiger partial charge in [0.05, 0.1) is 5.69 Å². The van der Waals surface area contributed by atoms with Crippen LogP contribution < -0.4 is 10.6 Å². The van der Waals surface area contributed by atoms with Gasteiger partial charge in [-0.2, -0.15) is 0 Å². The monoisotopic (exact) mass is 509 g/mol.